The molecule has 0 saturated carbocycles. The number of hydrogen-bond acceptors (Lipinski definition) is 3. The van der Waals surface area contributed by atoms with Crippen LogP contribution in [0.25, 0.3) is 0 Å². The van der Waals surface area contributed by atoms with Crippen molar-refractivity contribution in [1.82, 2.24) is 9.80 Å². The Morgan fingerprint density at radius 1 is 1.04 bits per heavy atom. The molecule has 1 saturated heterocycles. The first-order chi connectivity index (χ1) is 11.1. The highest BCUT2D eigenvalue weighted by Crippen LogP contribution is 2.23. The molecule has 1 aromatic carbocycles. The predicted molar refractivity (Wildman–Crippen MR) is 89.7 cm³/mol. The zero-order valence-corrected chi connectivity index (χ0v) is 14.5. The van der Waals surface area contributed by atoms with Gasteiger partial charge in [-0.1, -0.05) is 27.5 Å². The van der Waals surface area contributed by atoms with E-state index in [9.17, 15) is 9.59 Å². The minimum Gasteiger partial charge on any atom is -0.459 e. The molecule has 23 heavy (non-hydrogen) atoms. The number of benzene rings is 1. The number of carbonyl (C=O) groups excluding carboxylic acids is 2. The maximum atomic E-state index is 12.6. The van der Waals surface area contributed by atoms with Gasteiger partial charge in [0.15, 0.2) is 5.76 Å². The molecular formula is C16H14BrClN2O3. The summed E-state index contributed by atoms with van der Waals surface area (Å²) in [5, 5.41) is 0.423. The minimum absolute atomic E-state index is 0.124. The monoisotopic (exact) mass is 396 g/mol. The average Bonchev–Trinajstić information content (AvgIpc) is 3.10. The highest BCUT2D eigenvalue weighted by Gasteiger charge is 2.27. The molecule has 1 aliphatic rings. The van der Waals surface area contributed by atoms with Gasteiger partial charge in [0.05, 0.1) is 16.8 Å². The van der Waals surface area contributed by atoms with Crippen LogP contribution in [0.2, 0.25) is 5.02 Å². The van der Waals surface area contributed by atoms with Crippen LogP contribution >= 0.6 is 27.5 Å². The second-order valence-electron chi connectivity index (χ2n) is 5.19. The number of hydrogen-bond donors (Lipinski definition) is 0. The van der Waals surface area contributed by atoms with Crippen LogP contribution in [0.15, 0.2) is 45.5 Å². The van der Waals surface area contributed by atoms with Gasteiger partial charge >= 0.3 is 0 Å². The van der Waals surface area contributed by atoms with Gasteiger partial charge in [-0.05, 0) is 30.3 Å². The molecule has 0 radical (unpaired) electrons. The van der Waals surface area contributed by atoms with Gasteiger partial charge in [-0.25, -0.2) is 0 Å². The summed E-state index contributed by atoms with van der Waals surface area (Å²) < 4.78 is 5.93. The van der Waals surface area contributed by atoms with E-state index in [1.807, 2.05) is 0 Å². The van der Waals surface area contributed by atoms with E-state index in [1.54, 1.807) is 40.1 Å². The lowest BCUT2D eigenvalue weighted by molar-refractivity contribution is 0.0518. The lowest BCUT2D eigenvalue weighted by atomic mass is 10.1. The third kappa shape index (κ3) is 3.43. The standard InChI is InChI=1S/C16H14BrClN2O3/c17-11-3-4-13(18)12(10-11)15(21)19-5-7-20(8-6-19)16(22)14-2-1-9-23-14/h1-4,9-10H,5-8H2. The third-order valence-electron chi connectivity index (χ3n) is 3.74. The average molecular weight is 398 g/mol. The quantitative estimate of drug-likeness (QED) is 0.781. The van der Waals surface area contributed by atoms with Gasteiger partial charge in [0.2, 0.25) is 0 Å². The number of furan rings is 1. The summed E-state index contributed by atoms with van der Waals surface area (Å²) in [6, 6.07) is 8.52. The molecule has 0 N–H and O–H groups in total. The van der Waals surface area contributed by atoms with Crippen molar-refractivity contribution in [2.24, 2.45) is 0 Å². The van der Waals surface area contributed by atoms with Crippen molar-refractivity contribution in [3.8, 4) is 0 Å². The SMILES string of the molecule is O=C(c1ccco1)N1CCN(C(=O)c2cc(Br)ccc2Cl)CC1. The Hall–Kier alpha value is -1.79. The van der Waals surface area contributed by atoms with E-state index in [4.69, 9.17) is 16.0 Å². The Labute approximate surface area is 146 Å². The number of amides is 2. The fourth-order valence-electron chi connectivity index (χ4n) is 2.50. The Morgan fingerprint density at radius 2 is 1.70 bits per heavy atom. The summed E-state index contributed by atoms with van der Waals surface area (Å²) in [4.78, 5) is 28.2. The van der Waals surface area contributed by atoms with Crippen LogP contribution in [0.3, 0.4) is 0 Å². The molecule has 0 aliphatic carbocycles. The van der Waals surface area contributed by atoms with Crippen molar-refractivity contribution in [2.45, 2.75) is 0 Å². The van der Waals surface area contributed by atoms with Crippen LogP contribution in [-0.2, 0) is 0 Å². The van der Waals surface area contributed by atoms with Crippen molar-refractivity contribution in [1.29, 1.82) is 0 Å². The summed E-state index contributed by atoms with van der Waals surface area (Å²) in [5.41, 5.74) is 0.465. The molecule has 0 bridgehead atoms. The first kappa shape index (κ1) is 16.1. The van der Waals surface area contributed by atoms with Crippen molar-refractivity contribution >= 4 is 39.3 Å². The summed E-state index contributed by atoms with van der Waals surface area (Å²) in [6.45, 7) is 1.87. The first-order valence-corrected chi connectivity index (χ1v) is 8.30. The first-order valence-electron chi connectivity index (χ1n) is 7.13. The van der Waals surface area contributed by atoms with E-state index in [0.717, 1.165) is 4.47 Å². The van der Waals surface area contributed by atoms with E-state index in [2.05, 4.69) is 15.9 Å². The molecule has 2 amide bonds. The molecule has 0 unspecified atom stereocenters. The molecule has 1 aliphatic heterocycles. The van der Waals surface area contributed by atoms with Gasteiger partial charge in [0.25, 0.3) is 11.8 Å². The van der Waals surface area contributed by atoms with Crippen LogP contribution in [0.5, 0.6) is 0 Å². The molecule has 0 spiro atoms. The van der Waals surface area contributed by atoms with E-state index < -0.39 is 0 Å². The zero-order chi connectivity index (χ0) is 16.4. The van der Waals surface area contributed by atoms with Gasteiger partial charge < -0.3 is 14.2 Å². The summed E-state index contributed by atoms with van der Waals surface area (Å²) in [6.07, 6.45) is 1.47. The molecule has 2 aromatic rings. The highest BCUT2D eigenvalue weighted by molar-refractivity contribution is 9.10. The number of rotatable bonds is 2. The Kier molecular flexibility index (Phi) is 4.73. The second kappa shape index (κ2) is 6.76. The minimum atomic E-state index is -0.150. The third-order valence-corrected chi connectivity index (χ3v) is 4.57. The fourth-order valence-corrected chi connectivity index (χ4v) is 3.06. The second-order valence-corrected chi connectivity index (χ2v) is 6.51. The van der Waals surface area contributed by atoms with Gasteiger partial charge in [0, 0.05) is 30.7 Å². The van der Waals surface area contributed by atoms with E-state index in [1.165, 1.54) is 6.26 Å². The van der Waals surface area contributed by atoms with Crippen LogP contribution in [0.1, 0.15) is 20.9 Å². The number of nitrogens with zero attached hydrogens (tertiary/aromatic N) is 2. The van der Waals surface area contributed by atoms with Crippen molar-refractivity contribution in [2.75, 3.05) is 26.2 Å². The Morgan fingerprint density at radius 3 is 2.30 bits per heavy atom. The molecule has 1 fully saturated rings. The summed E-state index contributed by atoms with van der Waals surface area (Å²) in [5.74, 6) is 0.0452. The number of halogens is 2. The van der Waals surface area contributed by atoms with E-state index in [0.29, 0.717) is 42.5 Å². The lowest BCUT2D eigenvalue weighted by Gasteiger charge is -2.34. The molecule has 2 heterocycles. The fraction of sp³-hybridized carbons (Fsp3) is 0.250. The van der Waals surface area contributed by atoms with Crippen molar-refractivity contribution in [3.05, 3.63) is 57.4 Å². The molecule has 3 rings (SSSR count). The molecular weight excluding hydrogens is 384 g/mol. The molecule has 120 valence electrons. The Balaban J connectivity index is 1.66. The normalized spacial score (nSPS) is 14.9. The van der Waals surface area contributed by atoms with Crippen molar-refractivity contribution < 1.29 is 14.0 Å². The van der Waals surface area contributed by atoms with Gasteiger partial charge in [-0.15, -0.1) is 0 Å². The van der Waals surface area contributed by atoms with Gasteiger partial charge in [-0.3, -0.25) is 9.59 Å². The maximum Gasteiger partial charge on any atom is 0.289 e. The molecule has 0 atom stereocenters. The summed E-state index contributed by atoms with van der Waals surface area (Å²) in [7, 11) is 0. The highest BCUT2D eigenvalue weighted by atomic mass is 79.9. The number of carbonyl (C=O) groups is 2. The van der Waals surface area contributed by atoms with E-state index >= 15 is 0 Å². The lowest BCUT2D eigenvalue weighted by Crippen LogP contribution is -2.50. The largest absolute Gasteiger partial charge is 0.459 e. The van der Waals surface area contributed by atoms with Crippen LogP contribution < -0.4 is 0 Å². The van der Waals surface area contributed by atoms with Crippen LogP contribution in [0, 0.1) is 0 Å². The molecule has 5 nitrogen and oxygen atoms in total. The molecule has 7 heteroatoms. The van der Waals surface area contributed by atoms with Crippen LogP contribution in [-0.4, -0.2) is 47.8 Å². The Bertz CT molecular complexity index is 725. The van der Waals surface area contributed by atoms with Crippen molar-refractivity contribution in [3.63, 3.8) is 0 Å². The van der Waals surface area contributed by atoms with Gasteiger partial charge in [-0.2, -0.15) is 0 Å². The van der Waals surface area contributed by atoms with Gasteiger partial charge in [0.1, 0.15) is 0 Å². The molecule has 1 aromatic heterocycles. The predicted octanol–water partition coefficient (Wildman–Crippen LogP) is 3.29. The summed E-state index contributed by atoms with van der Waals surface area (Å²) >= 11 is 9.46. The van der Waals surface area contributed by atoms with E-state index in [-0.39, 0.29) is 11.8 Å². The topological polar surface area (TPSA) is 53.8 Å². The smallest absolute Gasteiger partial charge is 0.289 e. The maximum absolute atomic E-state index is 12.6. The zero-order valence-electron chi connectivity index (χ0n) is 12.2. The number of piperazine rings is 1. The van der Waals surface area contributed by atoms with Crippen LogP contribution in [0.4, 0.5) is 0 Å².